The largest absolute Gasteiger partial charge is 0.478 e. The van der Waals surface area contributed by atoms with Gasteiger partial charge in [0.1, 0.15) is 11.7 Å². The molecule has 1 aromatic heterocycles. The number of oxime groups is 1. The molecule has 4 amide bonds. The Morgan fingerprint density at radius 2 is 2.08 bits per heavy atom. The van der Waals surface area contributed by atoms with E-state index >= 15 is 0 Å². The molecule has 0 bridgehead atoms. The number of carboxylic acid groups (broad SMARTS) is 1. The van der Waals surface area contributed by atoms with Crippen LogP contribution in [0.3, 0.4) is 0 Å². The van der Waals surface area contributed by atoms with Crippen molar-refractivity contribution in [1.82, 2.24) is 24.8 Å². The standard InChI is InChI=1S/C17H22N8O9S2/c18-3-7-4-24(16(30)20-7)5-9-11(13(27)25(9)36(31,32)33)22-12(26)10(8-6-35-15(19)21-8)23-34-17(1-2-17)14(28)29/h6-7,9,11H,1-5,18H2,(H2,19,21)(H,20,30)(H,22,26)(H,28,29)(H,31,32,33)/t7?,9-,11-/m0/s1. The summed E-state index contributed by atoms with van der Waals surface area (Å²) in [5.41, 5.74) is 8.99. The molecule has 36 heavy (non-hydrogen) atoms. The molecule has 19 heteroatoms. The lowest BCUT2D eigenvalue weighted by Crippen LogP contribution is -2.74. The van der Waals surface area contributed by atoms with Crippen LogP contribution in [0.25, 0.3) is 0 Å². The fraction of sp³-hybridized carbons (Fsp3) is 0.529. The Labute approximate surface area is 207 Å². The zero-order valence-electron chi connectivity index (χ0n) is 18.4. The molecule has 17 nitrogen and oxygen atoms in total. The molecule has 1 saturated carbocycles. The molecule has 1 unspecified atom stereocenters. The Bertz CT molecular complexity index is 1240. The number of nitrogens with one attached hydrogen (secondary N) is 2. The number of aromatic nitrogens is 1. The van der Waals surface area contributed by atoms with Crippen LogP contribution in [0, 0.1) is 0 Å². The van der Waals surface area contributed by atoms with Crippen molar-refractivity contribution in [3.63, 3.8) is 0 Å². The minimum absolute atomic E-state index is 0.0644. The molecule has 8 N–H and O–H groups in total. The number of carboxylic acids is 1. The van der Waals surface area contributed by atoms with Crippen LogP contribution in [0.15, 0.2) is 10.5 Å². The number of nitrogens with zero attached hydrogens (tertiary/aromatic N) is 4. The highest BCUT2D eigenvalue weighted by Crippen LogP contribution is 2.40. The average Bonchev–Trinajstić information content (AvgIpc) is 3.34. The molecule has 3 aliphatic rings. The normalized spacial score (nSPS) is 25.3. The Hall–Kier alpha value is -3.55. The van der Waals surface area contributed by atoms with E-state index in [-0.39, 0.29) is 47.6 Å². The van der Waals surface area contributed by atoms with Crippen LogP contribution < -0.4 is 22.1 Å². The number of hydrogen-bond acceptors (Lipinski definition) is 12. The van der Waals surface area contributed by atoms with E-state index in [4.69, 9.17) is 16.3 Å². The summed E-state index contributed by atoms with van der Waals surface area (Å²) in [6, 6.07) is -3.81. The number of urea groups is 1. The summed E-state index contributed by atoms with van der Waals surface area (Å²) in [6.45, 7) is -0.133. The molecule has 0 radical (unpaired) electrons. The smallest absolute Gasteiger partial charge is 0.362 e. The molecule has 2 saturated heterocycles. The molecule has 4 rings (SSSR count). The Kier molecular flexibility index (Phi) is 6.49. The van der Waals surface area contributed by atoms with E-state index in [1.54, 1.807) is 0 Å². The van der Waals surface area contributed by atoms with E-state index in [2.05, 4.69) is 20.8 Å². The first-order chi connectivity index (χ1) is 16.9. The zero-order chi connectivity index (χ0) is 26.4. The van der Waals surface area contributed by atoms with Crippen molar-refractivity contribution in [1.29, 1.82) is 0 Å². The van der Waals surface area contributed by atoms with Gasteiger partial charge in [-0.05, 0) is 0 Å². The van der Waals surface area contributed by atoms with Crippen LogP contribution in [0.5, 0.6) is 0 Å². The van der Waals surface area contributed by atoms with Crippen molar-refractivity contribution in [2.24, 2.45) is 10.9 Å². The van der Waals surface area contributed by atoms with Gasteiger partial charge in [0.25, 0.3) is 11.8 Å². The number of rotatable bonds is 10. The molecule has 3 fully saturated rings. The molecule has 3 atom stereocenters. The van der Waals surface area contributed by atoms with Gasteiger partial charge in [0.05, 0.1) is 12.1 Å². The lowest BCUT2D eigenvalue weighted by atomic mass is 9.97. The summed E-state index contributed by atoms with van der Waals surface area (Å²) < 4.78 is 33.2. The quantitative estimate of drug-likeness (QED) is 0.0738. The monoisotopic (exact) mass is 546 g/mol. The fourth-order valence-electron chi connectivity index (χ4n) is 3.72. The predicted octanol–water partition coefficient (Wildman–Crippen LogP) is -3.09. The summed E-state index contributed by atoms with van der Waals surface area (Å²) in [4.78, 5) is 59.4. The van der Waals surface area contributed by atoms with Gasteiger partial charge in [-0.1, -0.05) is 5.16 Å². The van der Waals surface area contributed by atoms with Gasteiger partial charge >= 0.3 is 22.3 Å². The lowest BCUT2D eigenvalue weighted by Gasteiger charge is -2.45. The maximum Gasteiger partial charge on any atom is 0.362 e. The molecule has 196 valence electrons. The third-order valence-electron chi connectivity index (χ3n) is 5.84. The predicted molar refractivity (Wildman–Crippen MR) is 121 cm³/mol. The molecule has 3 heterocycles. The van der Waals surface area contributed by atoms with Crippen molar-refractivity contribution < 1.29 is 42.1 Å². The van der Waals surface area contributed by atoms with E-state index in [9.17, 15) is 37.3 Å². The SMILES string of the molecule is NCC1CN(C[C@H]2[C@H](NC(=O)C(=NOC3(C(=O)O)CC3)c3csc(N)n3)C(=O)N2S(=O)(=O)O)C(=O)N1. The Morgan fingerprint density at radius 1 is 1.39 bits per heavy atom. The number of carbonyl (C=O) groups is 4. The van der Waals surface area contributed by atoms with E-state index in [1.165, 1.54) is 10.3 Å². The second-order valence-electron chi connectivity index (χ2n) is 8.32. The van der Waals surface area contributed by atoms with Crippen molar-refractivity contribution in [3.8, 4) is 0 Å². The number of thiazole rings is 1. The van der Waals surface area contributed by atoms with Crippen molar-refractivity contribution in [2.45, 2.75) is 36.6 Å². The number of nitrogen functional groups attached to an aromatic ring is 1. The summed E-state index contributed by atoms with van der Waals surface area (Å²) in [6.07, 6.45) is 0.322. The number of aliphatic carboxylic acids is 1. The number of nitrogens with two attached hydrogens (primary N) is 2. The van der Waals surface area contributed by atoms with Crippen molar-refractivity contribution >= 4 is 56.3 Å². The first-order valence-electron chi connectivity index (χ1n) is 10.4. The minimum atomic E-state index is -5.01. The topological polar surface area (TPSA) is 260 Å². The number of anilines is 1. The van der Waals surface area contributed by atoms with E-state index in [1.807, 2.05) is 0 Å². The van der Waals surface area contributed by atoms with Gasteiger partial charge in [0.2, 0.25) is 5.60 Å². The molecule has 1 aromatic rings. The zero-order valence-corrected chi connectivity index (χ0v) is 20.0. The first kappa shape index (κ1) is 25.5. The highest BCUT2D eigenvalue weighted by molar-refractivity contribution is 7.84. The van der Waals surface area contributed by atoms with Gasteiger partial charge in [-0.3, -0.25) is 14.1 Å². The number of β-lactam (4-membered cyclic amide) rings is 1. The number of hydrogen-bond donors (Lipinski definition) is 6. The molecule has 0 aromatic carbocycles. The number of carbonyl (C=O) groups excluding carboxylic acids is 3. The van der Waals surface area contributed by atoms with Crippen LogP contribution in [-0.4, -0.2) is 105 Å². The maximum absolute atomic E-state index is 13.1. The first-order valence-corrected chi connectivity index (χ1v) is 12.7. The van der Waals surface area contributed by atoms with Crippen LogP contribution in [-0.2, 0) is 29.5 Å². The van der Waals surface area contributed by atoms with Gasteiger partial charge in [-0.25, -0.2) is 18.9 Å². The van der Waals surface area contributed by atoms with Crippen LogP contribution in [0.4, 0.5) is 9.93 Å². The van der Waals surface area contributed by atoms with Gasteiger partial charge in [-0.15, -0.1) is 11.3 Å². The third-order valence-corrected chi connectivity index (χ3v) is 7.46. The Balaban J connectivity index is 1.56. The van der Waals surface area contributed by atoms with Gasteiger partial charge < -0.3 is 36.9 Å². The van der Waals surface area contributed by atoms with Gasteiger partial charge in [-0.2, -0.15) is 8.42 Å². The van der Waals surface area contributed by atoms with Gasteiger partial charge in [0.15, 0.2) is 10.8 Å². The third kappa shape index (κ3) is 4.76. The molecule has 0 spiro atoms. The van der Waals surface area contributed by atoms with Crippen LogP contribution in [0.2, 0.25) is 0 Å². The lowest BCUT2D eigenvalue weighted by molar-refractivity contribution is -0.153. The summed E-state index contributed by atoms with van der Waals surface area (Å²) >= 11 is 0.958. The molecule has 1 aliphatic carbocycles. The highest BCUT2D eigenvalue weighted by Gasteiger charge is 2.56. The van der Waals surface area contributed by atoms with E-state index in [0.717, 1.165) is 11.3 Å². The minimum Gasteiger partial charge on any atom is -0.478 e. The molecule has 2 aliphatic heterocycles. The van der Waals surface area contributed by atoms with Crippen molar-refractivity contribution in [2.75, 3.05) is 25.4 Å². The molecular formula is C17H22N8O9S2. The van der Waals surface area contributed by atoms with Crippen molar-refractivity contribution in [3.05, 3.63) is 11.1 Å². The van der Waals surface area contributed by atoms with Gasteiger partial charge in [0, 0.05) is 37.9 Å². The van der Waals surface area contributed by atoms with Crippen LogP contribution in [0.1, 0.15) is 18.5 Å². The highest BCUT2D eigenvalue weighted by atomic mass is 32.2. The molecular weight excluding hydrogens is 524 g/mol. The van der Waals surface area contributed by atoms with E-state index in [0.29, 0.717) is 0 Å². The number of amides is 4. The average molecular weight is 547 g/mol. The summed E-state index contributed by atoms with van der Waals surface area (Å²) in [5, 5.41) is 19.2. The maximum atomic E-state index is 13.1. The fourth-order valence-corrected chi connectivity index (χ4v) is 5.14. The summed E-state index contributed by atoms with van der Waals surface area (Å²) in [7, 11) is -5.01. The second kappa shape index (κ2) is 9.15. The Morgan fingerprint density at radius 3 is 2.58 bits per heavy atom. The van der Waals surface area contributed by atoms with E-state index < -0.39 is 63.6 Å². The summed E-state index contributed by atoms with van der Waals surface area (Å²) in [5.74, 6) is -3.49. The second-order valence-corrected chi connectivity index (χ2v) is 10.5. The van der Waals surface area contributed by atoms with Crippen LogP contribution >= 0.6 is 11.3 Å².